The first-order valence-electron chi connectivity index (χ1n) is 5.97. The van der Waals surface area contributed by atoms with Crippen molar-refractivity contribution in [3.05, 3.63) is 22.2 Å². The molecule has 0 unspecified atom stereocenters. The van der Waals surface area contributed by atoms with Gasteiger partial charge in [-0.15, -0.1) is 0 Å². The Hall–Kier alpha value is -0.740. The number of nitrogens with two attached hydrogens (primary N) is 1. The van der Waals surface area contributed by atoms with E-state index in [1.165, 1.54) is 12.8 Å². The molecule has 0 bridgehead atoms. The van der Waals surface area contributed by atoms with Crippen LogP contribution in [0.25, 0.3) is 0 Å². The molecule has 0 radical (unpaired) electrons. The first kappa shape index (κ1) is 12.7. The fourth-order valence-corrected chi connectivity index (χ4v) is 2.86. The maximum Gasteiger partial charge on any atom is 0.174 e. The lowest BCUT2D eigenvalue weighted by Gasteiger charge is -2.17. The molecule has 17 heavy (non-hydrogen) atoms. The SMILES string of the molecule is COc1c(Br)cc(CN)cc1OC1CCCC1. The molecule has 1 aromatic rings. The van der Waals surface area contributed by atoms with Crippen LogP contribution < -0.4 is 15.2 Å². The average Bonchev–Trinajstić information content (AvgIpc) is 2.81. The molecule has 0 aliphatic heterocycles. The minimum Gasteiger partial charge on any atom is -0.492 e. The van der Waals surface area contributed by atoms with Gasteiger partial charge in [0.25, 0.3) is 0 Å². The zero-order valence-corrected chi connectivity index (χ0v) is 11.6. The molecule has 1 fully saturated rings. The summed E-state index contributed by atoms with van der Waals surface area (Å²) >= 11 is 3.49. The summed E-state index contributed by atoms with van der Waals surface area (Å²) in [6.45, 7) is 0.504. The van der Waals surface area contributed by atoms with Crippen LogP contribution in [0.5, 0.6) is 11.5 Å². The molecule has 0 amide bonds. The summed E-state index contributed by atoms with van der Waals surface area (Å²) in [6, 6.07) is 3.95. The summed E-state index contributed by atoms with van der Waals surface area (Å²) in [5, 5.41) is 0. The molecule has 1 aliphatic rings. The van der Waals surface area contributed by atoms with Crippen LogP contribution in [0.2, 0.25) is 0 Å². The number of methoxy groups -OCH3 is 1. The van der Waals surface area contributed by atoms with Gasteiger partial charge in [-0.3, -0.25) is 0 Å². The van der Waals surface area contributed by atoms with Crippen LogP contribution in [0.4, 0.5) is 0 Å². The Morgan fingerprint density at radius 2 is 2.06 bits per heavy atom. The van der Waals surface area contributed by atoms with Crippen LogP contribution in [0.15, 0.2) is 16.6 Å². The summed E-state index contributed by atoms with van der Waals surface area (Å²) in [4.78, 5) is 0. The fourth-order valence-electron chi connectivity index (χ4n) is 2.21. The monoisotopic (exact) mass is 299 g/mol. The number of benzene rings is 1. The standard InChI is InChI=1S/C13H18BrNO2/c1-16-13-11(14)6-9(8-15)7-12(13)17-10-4-2-3-5-10/h6-7,10H,2-5,8,15H2,1H3. The molecule has 4 heteroatoms. The normalized spacial score (nSPS) is 16.2. The van der Waals surface area contributed by atoms with Gasteiger partial charge in [0.1, 0.15) is 0 Å². The lowest BCUT2D eigenvalue weighted by Crippen LogP contribution is -2.12. The van der Waals surface area contributed by atoms with E-state index >= 15 is 0 Å². The Balaban J connectivity index is 2.25. The van der Waals surface area contributed by atoms with Crippen LogP contribution in [0, 0.1) is 0 Å². The molecule has 2 rings (SSSR count). The minimum atomic E-state index is 0.323. The predicted molar refractivity (Wildman–Crippen MR) is 71.5 cm³/mol. The van der Waals surface area contributed by atoms with Crippen molar-refractivity contribution in [2.24, 2.45) is 5.73 Å². The van der Waals surface area contributed by atoms with Gasteiger partial charge in [-0.2, -0.15) is 0 Å². The highest BCUT2D eigenvalue weighted by Crippen LogP contribution is 2.38. The highest BCUT2D eigenvalue weighted by molar-refractivity contribution is 9.10. The smallest absolute Gasteiger partial charge is 0.174 e. The molecule has 0 heterocycles. The molecule has 3 nitrogen and oxygen atoms in total. The van der Waals surface area contributed by atoms with Crippen LogP contribution in [-0.4, -0.2) is 13.2 Å². The van der Waals surface area contributed by atoms with Crippen molar-refractivity contribution in [2.45, 2.75) is 38.3 Å². The zero-order valence-electron chi connectivity index (χ0n) is 10.0. The molecule has 94 valence electrons. The van der Waals surface area contributed by atoms with Crippen molar-refractivity contribution in [1.29, 1.82) is 0 Å². The number of rotatable bonds is 4. The minimum absolute atomic E-state index is 0.323. The summed E-state index contributed by atoms with van der Waals surface area (Å²) in [6.07, 6.45) is 5.10. The Morgan fingerprint density at radius 1 is 1.35 bits per heavy atom. The third-order valence-corrected chi connectivity index (χ3v) is 3.69. The summed E-state index contributed by atoms with van der Waals surface area (Å²) in [5.41, 5.74) is 6.72. The number of ether oxygens (including phenoxy) is 2. The van der Waals surface area contributed by atoms with Gasteiger partial charge in [0.2, 0.25) is 0 Å². The second-order valence-corrected chi connectivity index (χ2v) is 5.19. The van der Waals surface area contributed by atoms with Gasteiger partial charge in [0.05, 0.1) is 17.7 Å². The molecule has 0 atom stereocenters. The summed E-state index contributed by atoms with van der Waals surface area (Å²) in [5.74, 6) is 1.56. The van der Waals surface area contributed by atoms with Gasteiger partial charge >= 0.3 is 0 Å². The van der Waals surface area contributed by atoms with Crippen LogP contribution >= 0.6 is 15.9 Å². The Labute approximate surface area is 110 Å². The van der Waals surface area contributed by atoms with E-state index < -0.39 is 0 Å². The van der Waals surface area contributed by atoms with Crippen molar-refractivity contribution in [3.63, 3.8) is 0 Å². The second kappa shape index (κ2) is 5.74. The van der Waals surface area contributed by atoms with Crippen molar-refractivity contribution >= 4 is 15.9 Å². The molecule has 0 spiro atoms. The van der Waals surface area contributed by atoms with Crippen molar-refractivity contribution in [3.8, 4) is 11.5 Å². The van der Waals surface area contributed by atoms with E-state index in [4.69, 9.17) is 15.2 Å². The topological polar surface area (TPSA) is 44.5 Å². The van der Waals surface area contributed by atoms with Crippen molar-refractivity contribution < 1.29 is 9.47 Å². The van der Waals surface area contributed by atoms with E-state index in [0.29, 0.717) is 12.6 Å². The maximum absolute atomic E-state index is 6.01. The molecule has 0 saturated heterocycles. The number of hydrogen-bond donors (Lipinski definition) is 1. The third kappa shape index (κ3) is 2.93. The lowest BCUT2D eigenvalue weighted by molar-refractivity contribution is 0.200. The van der Waals surface area contributed by atoms with E-state index in [-0.39, 0.29) is 0 Å². The maximum atomic E-state index is 6.01. The van der Waals surface area contributed by atoms with Crippen LogP contribution in [0.1, 0.15) is 31.2 Å². The molecule has 1 aromatic carbocycles. The highest BCUT2D eigenvalue weighted by Gasteiger charge is 2.19. The number of hydrogen-bond acceptors (Lipinski definition) is 3. The van der Waals surface area contributed by atoms with Crippen molar-refractivity contribution in [2.75, 3.05) is 7.11 Å². The van der Waals surface area contributed by atoms with Gasteiger partial charge in [-0.25, -0.2) is 0 Å². The largest absolute Gasteiger partial charge is 0.492 e. The van der Waals surface area contributed by atoms with Gasteiger partial charge in [0, 0.05) is 6.54 Å². The summed E-state index contributed by atoms with van der Waals surface area (Å²) < 4.78 is 12.3. The van der Waals surface area contributed by atoms with E-state index in [0.717, 1.165) is 34.4 Å². The Morgan fingerprint density at radius 3 is 2.65 bits per heavy atom. The Kier molecular flexibility index (Phi) is 4.29. The lowest BCUT2D eigenvalue weighted by atomic mass is 10.2. The third-order valence-electron chi connectivity index (χ3n) is 3.10. The molecule has 1 saturated carbocycles. The van der Waals surface area contributed by atoms with Crippen molar-refractivity contribution in [1.82, 2.24) is 0 Å². The zero-order chi connectivity index (χ0) is 12.3. The predicted octanol–water partition coefficient (Wildman–Crippen LogP) is 3.24. The van der Waals surface area contributed by atoms with E-state index in [9.17, 15) is 0 Å². The highest BCUT2D eigenvalue weighted by atomic mass is 79.9. The molecular formula is C13H18BrNO2. The van der Waals surface area contributed by atoms with E-state index in [2.05, 4.69) is 15.9 Å². The van der Waals surface area contributed by atoms with Crippen LogP contribution in [-0.2, 0) is 6.54 Å². The Bertz CT molecular complexity index is 389. The van der Waals surface area contributed by atoms with E-state index in [1.54, 1.807) is 7.11 Å². The second-order valence-electron chi connectivity index (χ2n) is 4.34. The van der Waals surface area contributed by atoms with Crippen LogP contribution in [0.3, 0.4) is 0 Å². The van der Waals surface area contributed by atoms with Gasteiger partial charge in [-0.05, 0) is 59.3 Å². The molecular weight excluding hydrogens is 282 g/mol. The molecule has 1 aliphatic carbocycles. The number of halogens is 1. The fraction of sp³-hybridized carbons (Fsp3) is 0.538. The summed E-state index contributed by atoms with van der Waals surface area (Å²) in [7, 11) is 1.66. The van der Waals surface area contributed by atoms with E-state index in [1.807, 2.05) is 12.1 Å². The van der Waals surface area contributed by atoms with Gasteiger partial charge in [-0.1, -0.05) is 0 Å². The van der Waals surface area contributed by atoms with Gasteiger partial charge in [0.15, 0.2) is 11.5 Å². The quantitative estimate of drug-likeness (QED) is 0.928. The molecule has 2 N–H and O–H groups in total. The molecule has 0 aromatic heterocycles. The first-order chi connectivity index (χ1) is 8.24. The van der Waals surface area contributed by atoms with Gasteiger partial charge < -0.3 is 15.2 Å². The average molecular weight is 300 g/mol. The first-order valence-corrected chi connectivity index (χ1v) is 6.77.